The van der Waals surface area contributed by atoms with Crippen molar-refractivity contribution in [3.63, 3.8) is 0 Å². The number of aryl methyl sites for hydroxylation is 2. The molecule has 2 aromatic carbocycles. The van der Waals surface area contributed by atoms with Gasteiger partial charge in [-0.05, 0) is 44.0 Å². The number of fused-ring (bicyclic) bond motifs is 1. The lowest BCUT2D eigenvalue weighted by Gasteiger charge is -2.17. The van der Waals surface area contributed by atoms with E-state index in [4.69, 9.17) is 4.42 Å². The molecule has 1 N–H and O–H groups in total. The van der Waals surface area contributed by atoms with E-state index in [1.165, 1.54) is 0 Å². The van der Waals surface area contributed by atoms with Crippen LogP contribution in [0.25, 0.3) is 11.5 Å². The van der Waals surface area contributed by atoms with E-state index in [0.717, 1.165) is 28.8 Å². The zero-order valence-corrected chi connectivity index (χ0v) is 16.6. The number of hydrogen-bond acceptors (Lipinski definition) is 4. The highest BCUT2D eigenvalue weighted by Crippen LogP contribution is 2.27. The van der Waals surface area contributed by atoms with Crippen LogP contribution in [0.4, 0.5) is 5.69 Å². The van der Waals surface area contributed by atoms with Crippen molar-refractivity contribution in [1.82, 2.24) is 10.3 Å². The van der Waals surface area contributed by atoms with E-state index < -0.39 is 0 Å². The zero-order valence-electron chi connectivity index (χ0n) is 16.6. The number of carbonyl (C=O) groups excluding carboxylic acids is 2. The normalized spacial score (nSPS) is 12.7. The Bertz CT molecular complexity index is 1050. The van der Waals surface area contributed by atoms with Crippen molar-refractivity contribution in [3.8, 4) is 11.5 Å². The number of aromatic nitrogens is 1. The quantitative estimate of drug-likeness (QED) is 0.727. The summed E-state index contributed by atoms with van der Waals surface area (Å²) >= 11 is 0. The lowest BCUT2D eigenvalue weighted by molar-refractivity contribution is -0.124. The highest BCUT2D eigenvalue weighted by Gasteiger charge is 2.24. The fraction of sp³-hybridized carbons (Fsp3) is 0.261. The van der Waals surface area contributed by atoms with Crippen LogP contribution in [0.1, 0.15) is 22.6 Å². The molecule has 2 heterocycles. The molecule has 6 nitrogen and oxygen atoms in total. The van der Waals surface area contributed by atoms with E-state index in [9.17, 15) is 9.59 Å². The summed E-state index contributed by atoms with van der Waals surface area (Å²) in [4.78, 5) is 31.1. The molecule has 0 spiro atoms. The maximum atomic E-state index is 12.5. The first-order valence-electron chi connectivity index (χ1n) is 9.69. The second-order valence-corrected chi connectivity index (χ2v) is 7.27. The third-order valence-corrected chi connectivity index (χ3v) is 5.14. The van der Waals surface area contributed by atoms with Crippen LogP contribution in [-0.4, -0.2) is 29.9 Å². The number of rotatable bonds is 5. The first-order chi connectivity index (χ1) is 14.0. The van der Waals surface area contributed by atoms with Crippen molar-refractivity contribution in [3.05, 3.63) is 71.1 Å². The molecule has 0 unspecified atom stereocenters. The van der Waals surface area contributed by atoms with Crippen molar-refractivity contribution in [2.75, 3.05) is 18.0 Å². The van der Waals surface area contributed by atoms with Crippen LogP contribution in [-0.2, 0) is 22.4 Å². The Kier molecular flexibility index (Phi) is 5.16. The molecule has 2 amide bonds. The molecule has 1 aliphatic heterocycles. The number of oxazole rings is 1. The Balaban J connectivity index is 1.36. The maximum absolute atomic E-state index is 12.5. The summed E-state index contributed by atoms with van der Waals surface area (Å²) in [5, 5.41) is 2.71. The molecule has 0 aliphatic carbocycles. The van der Waals surface area contributed by atoms with Crippen molar-refractivity contribution in [2.45, 2.75) is 26.7 Å². The minimum atomic E-state index is -0.252. The molecule has 3 aromatic rings. The van der Waals surface area contributed by atoms with Crippen molar-refractivity contribution in [1.29, 1.82) is 0 Å². The van der Waals surface area contributed by atoms with Gasteiger partial charge in [0.1, 0.15) is 5.76 Å². The molecule has 0 fully saturated rings. The Labute approximate surface area is 169 Å². The molecule has 1 aromatic heterocycles. The number of para-hydroxylation sites is 1. The minimum Gasteiger partial charge on any atom is -0.441 e. The third kappa shape index (κ3) is 4.06. The zero-order chi connectivity index (χ0) is 20.4. The summed E-state index contributed by atoms with van der Waals surface area (Å²) in [5.74, 6) is 0.740. The van der Waals surface area contributed by atoms with Crippen LogP contribution in [0, 0.1) is 13.8 Å². The number of nitrogens with zero attached hydrogens (tertiary/aromatic N) is 2. The first kappa shape index (κ1) is 18.9. The van der Waals surface area contributed by atoms with Crippen molar-refractivity contribution >= 4 is 17.5 Å². The molecule has 148 valence electrons. The molecule has 0 atom stereocenters. The lowest BCUT2D eigenvalue weighted by atomic mass is 10.1. The predicted molar refractivity (Wildman–Crippen MR) is 111 cm³/mol. The largest absolute Gasteiger partial charge is 0.441 e. The average Bonchev–Trinajstić information content (AvgIpc) is 3.31. The van der Waals surface area contributed by atoms with Crippen LogP contribution in [0.3, 0.4) is 0 Å². The SMILES string of the molecule is Cc1ccc(-c2nc(CC(=O)NCC(=O)N3CCc4ccccc43)c(C)o2)cc1. The number of hydrogen-bond donors (Lipinski definition) is 1. The summed E-state index contributed by atoms with van der Waals surface area (Å²) in [6, 6.07) is 15.7. The molecule has 0 bridgehead atoms. The van der Waals surface area contributed by atoms with Gasteiger partial charge in [0.05, 0.1) is 18.7 Å². The molecule has 29 heavy (non-hydrogen) atoms. The van der Waals surface area contributed by atoms with Crippen LogP contribution < -0.4 is 10.2 Å². The van der Waals surface area contributed by atoms with E-state index in [0.29, 0.717) is 23.9 Å². The molecule has 4 rings (SSSR count). The predicted octanol–water partition coefficient (Wildman–Crippen LogP) is 3.21. The van der Waals surface area contributed by atoms with Gasteiger partial charge in [0.2, 0.25) is 17.7 Å². The molecular formula is C23H23N3O3. The Morgan fingerprint density at radius 2 is 1.86 bits per heavy atom. The summed E-state index contributed by atoms with van der Waals surface area (Å²) in [6.07, 6.45) is 0.918. The van der Waals surface area contributed by atoms with Gasteiger partial charge in [-0.3, -0.25) is 9.59 Å². The van der Waals surface area contributed by atoms with E-state index in [1.807, 2.05) is 55.5 Å². The van der Waals surface area contributed by atoms with Gasteiger partial charge in [0.25, 0.3) is 0 Å². The van der Waals surface area contributed by atoms with Crippen LogP contribution in [0.2, 0.25) is 0 Å². The second kappa shape index (κ2) is 7.91. The number of benzene rings is 2. The van der Waals surface area contributed by atoms with Crippen LogP contribution in [0.5, 0.6) is 0 Å². The standard InChI is InChI=1S/C23H23N3O3/c1-15-7-9-18(10-8-15)23-25-19(16(2)29-23)13-21(27)24-14-22(28)26-12-11-17-5-3-4-6-20(17)26/h3-10H,11-14H2,1-2H3,(H,24,27). The van der Waals surface area contributed by atoms with Gasteiger partial charge in [0.15, 0.2) is 0 Å². The van der Waals surface area contributed by atoms with Gasteiger partial charge in [0, 0.05) is 17.8 Å². The van der Waals surface area contributed by atoms with Gasteiger partial charge in [-0.1, -0.05) is 35.9 Å². The molecule has 0 saturated carbocycles. The number of nitrogens with one attached hydrogen (secondary N) is 1. The molecule has 1 aliphatic rings. The maximum Gasteiger partial charge on any atom is 0.246 e. The van der Waals surface area contributed by atoms with E-state index in [2.05, 4.69) is 10.3 Å². The minimum absolute atomic E-state index is 0.0329. The molecular weight excluding hydrogens is 366 g/mol. The smallest absolute Gasteiger partial charge is 0.246 e. The second-order valence-electron chi connectivity index (χ2n) is 7.27. The molecule has 0 saturated heterocycles. The summed E-state index contributed by atoms with van der Waals surface area (Å²) in [6.45, 7) is 4.42. The Morgan fingerprint density at radius 3 is 2.66 bits per heavy atom. The summed E-state index contributed by atoms with van der Waals surface area (Å²) < 4.78 is 5.72. The van der Waals surface area contributed by atoms with E-state index in [-0.39, 0.29) is 24.8 Å². The van der Waals surface area contributed by atoms with E-state index >= 15 is 0 Å². The highest BCUT2D eigenvalue weighted by molar-refractivity contribution is 5.98. The Morgan fingerprint density at radius 1 is 1.10 bits per heavy atom. The fourth-order valence-electron chi connectivity index (χ4n) is 3.49. The number of amides is 2. The van der Waals surface area contributed by atoms with Gasteiger partial charge in [-0.25, -0.2) is 4.98 Å². The summed E-state index contributed by atoms with van der Waals surface area (Å²) in [7, 11) is 0. The van der Waals surface area contributed by atoms with Gasteiger partial charge >= 0.3 is 0 Å². The summed E-state index contributed by atoms with van der Waals surface area (Å²) in [5.41, 5.74) is 4.70. The van der Waals surface area contributed by atoms with Gasteiger partial charge in [-0.2, -0.15) is 0 Å². The first-order valence-corrected chi connectivity index (χ1v) is 9.69. The average molecular weight is 389 g/mol. The topological polar surface area (TPSA) is 75.4 Å². The lowest BCUT2D eigenvalue weighted by Crippen LogP contribution is -2.40. The third-order valence-electron chi connectivity index (χ3n) is 5.14. The van der Waals surface area contributed by atoms with Crippen molar-refractivity contribution < 1.29 is 14.0 Å². The Hall–Kier alpha value is -3.41. The van der Waals surface area contributed by atoms with Gasteiger partial charge < -0.3 is 14.6 Å². The van der Waals surface area contributed by atoms with Crippen molar-refractivity contribution in [2.24, 2.45) is 0 Å². The highest BCUT2D eigenvalue weighted by atomic mass is 16.4. The van der Waals surface area contributed by atoms with E-state index in [1.54, 1.807) is 11.8 Å². The monoisotopic (exact) mass is 389 g/mol. The van der Waals surface area contributed by atoms with Gasteiger partial charge in [-0.15, -0.1) is 0 Å². The van der Waals surface area contributed by atoms with Crippen LogP contribution in [0.15, 0.2) is 52.9 Å². The molecule has 0 radical (unpaired) electrons. The van der Waals surface area contributed by atoms with Crippen LogP contribution >= 0.6 is 0 Å². The number of carbonyl (C=O) groups is 2. The molecule has 6 heteroatoms. The fourth-order valence-corrected chi connectivity index (χ4v) is 3.49. The number of anilines is 1.